The molecule has 1 amide bonds. The number of rotatable bonds is 6. The molecular formula is C27H26F2N4O3S. The molecule has 192 valence electrons. The number of para-hydroxylation sites is 1. The quantitative estimate of drug-likeness (QED) is 0.531. The number of halogens is 2. The van der Waals surface area contributed by atoms with E-state index in [0.29, 0.717) is 61.4 Å². The highest BCUT2D eigenvalue weighted by molar-refractivity contribution is 7.89. The smallest absolute Gasteiger partial charge is 0.263 e. The fraction of sp³-hybridized carbons (Fsp3) is 0.259. The molecule has 1 saturated heterocycles. The van der Waals surface area contributed by atoms with Crippen LogP contribution in [0.4, 0.5) is 8.78 Å². The molecule has 2 aliphatic rings. The normalized spacial score (nSPS) is 16.9. The number of nitrogens with zero attached hydrogens (tertiary/aromatic N) is 3. The molecule has 7 nitrogen and oxygen atoms in total. The van der Waals surface area contributed by atoms with Gasteiger partial charge in [-0.05, 0) is 37.1 Å². The average Bonchev–Trinajstić information content (AvgIpc) is 2.91. The van der Waals surface area contributed by atoms with Gasteiger partial charge in [-0.3, -0.25) is 19.4 Å². The summed E-state index contributed by atoms with van der Waals surface area (Å²) in [5.41, 5.74) is 1.82. The Bertz CT molecular complexity index is 1510. The Balaban J connectivity index is 1.20. The number of allylic oxidation sites excluding steroid dienone is 3. The van der Waals surface area contributed by atoms with Crippen molar-refractivity contribution in [2.45, 2.75) is 24.3 Å². The maximum Gasteiger partial charge on any atom is 0.263 e. The van der Waals surface area contributed by atoms with Gasteiger partial charge in [-0.2, -0.15) is 0 Å². The zero-order valence-electron chi connectivity index (χ0n) is 20.0. The molecule has 5 rings (SSSR count). The number of piperazine rings is 1. The van der Waals surface area contributed by atoms with Gasteiger partial charge >= 0.3 is 0 Å². The highest BCUT2D eigenvalue weighted by Crippen LogP contribution is 2.25. The van der Waals surface area contributed by atoms with Crippen LogP contribution in [0.5, 0.6) is 0 Å². The van der Waals surface area contributed by atoms with Gasteiger partial charge in [0, 0.05) is 61.1 Å². The van der Waals surface area contributed by atoms with Crippen LogP contribution in [0.25, 0.3) is 10.9 Å². The molecule has 0 atom stereocenters. The van der Waals surface area contributed by atoms with Crippen molar-refractivity contribution in [3.8, 4) is 0 Å². The van der Waals surface area contributed by atoms with Crippen LogP contribution in [0, 0.1) is 11.6 Å². The van der Waals surface area contributed by atoms with Crippen molar-refractivity contribution in [2.24, 2.45) is 0 Å². The number of carbonyl (C=O) groups is 1. The molecule has 1 aromatic heterocycles. The molecule has 0 saturated carbocycles. The Morgan fingerprint density at radius 2 is 1.70 bits per heavy atom. The van der Waals surface area contributed by atoms with Crippen molar-refractivity contribution >= 4 is 26.8 Å². The summed E-state index contributed by atoms with van der Waals surface area (Å²) in [5, 5.41) is 0.733. The number of fused-ring (bicyclic) bond motifs is 1. The molecule has 2 aromatic carbocycles. The first-order chi connectivity index (χ1) is 17.8. The molecule has 3 aromatic rings. The minimum Gasteiger partial charge on any atom is -0.336 e. The van der Waals surface area contributed by atoms with E-state index in [0.717, 1.165) is 11.5 Å². The summed E-state index contributed by atoms with van der Waals surface area (Å²) in [6, 6.07) is 12.7. The minimum absolute atomic E-state index is 0.0898. The third-order valence-electron chi connectivity index (χ3n) is 6.66. The molecule has 0 bridgehead atoms. The second kappa shape index (κ2) is 10.4. The number of sulfonamides is 1. The third-order valence-corrected chi connectivity index (χ3v) is 8.10. The van der Waals surface area contributed by atoms with Gasteiger partial charge in [0.1, 0.15) is 4.90 Å². The number of carbonyl (C=O) groups excluding carboxylic acids is 1. The van der Waals surface area contributed by atoms with Crippen molar-refractivity contribution < 1.29 is 22.0 Å². The van der Waals surface area contributed by atoms with Crippen LogP contribution in [0.2, 0.25) is 0 Å². The largest absolute Gasteiger partial charge is 0.336 e. The molecule has 2 heterocycles. The fourth-order valence-electron chi connectivity index (χ4n) is 4.64. The standard InChI is InChI=1S/C27H26F2N4O3S/c28-23-7-1-5-21(25(23)29)18-32-14-16-33(17-15-32)27(34)20-9-11-22(12-10-20)31-37(35,36)24-8-2-4-19-6-3-13-30-26(19)24/h1-9,11,13,31H,10,12,14-18H2. The lowest BCUT2D eigenvalue weighted by Gasteiger charge is -2.35. The first-order valence-corrected chi connectivity index (χ1v) is 13.5. The lowest BCUT2D eigenvalue weighted by atomic mass is 10.0. The molecule has 0 unspecified atom stereocenters. The van der Waals surface area contributed by atoms with Gasteiger partial charge < -0.3 is 4.90 Å². The Labute approximate surface area is 214 Å². The van der Waals surface area contributed by atoms with E-state index in [2.05, 4.69) is 9.71 Å². The highest BCUT2D eigenvalue weighted by Gasteiger charge is 2.26. The fourth-order valence-corrected chi connectivity index (χ4v) is 5.95. The summed E-state index contributed by atoms with van der Waals surface area (Å²) in [6.45, 7) is 2.34. The summed E-state index contributed by atoms with van der Waals surface area (Å²) < 4.78 is 56.2. The van der Waals surface area contributed by atoms with Crippen molar-refractivity contribution in [1.82, 2.24) is 19.5 Å². The highest BCUT2D eigenvalue weighted by atomic mass is 32.2. The molecule has 1 fully saturated rings. The van der Waals surface area contributed by atoms with Gasteiger partial charge in [0.15, 0.2) is 11.6 Å². The van der Waals surface area contributed by atoms with Crippen molar-refractivity contribution in [2.75, 3.05) is 26.2 Å². The third kappa shape index (κ3) is 5.40. The average molecular weight is 525 g/mol. The van der Waals surface area contributed by atoms with Crippen molar-refractivity contribution in [3.05, 3.63) is 95.3 Å². The van der Waals surface area contributed by atoms with E-state index in [1.807, 2.05) is 4.90 Å². The zero-order chi connectivity index (χ0) is 26.0. The second-order valence-corrected chi connectivity index (χ2v) is 10.8. The Kier molecular flexibility index (Phi) is 7.03. The monoisotopic (exact) mass is 524 g/mol. The first kappa shape index (κ1) is 25.0. The van der Waals surface area contributed by atoms with E-state index in [4.69, 9.17) is 0 Å². The summed E-state index contributed by atoms with van der Waals surface area (Å²) in [6.07, 6.45) is 5.65. The van der Waals surface area contributed by atoms with E-state index in [-0.39, 0.29) is 17.3 Å². The van der Waals surface area contributed by atoms with E-state index >= 15 is 0 Å². The predicted molar refractivity (Wildman–Crippen MR) is 136 cm³/mol. The van der Waals surface area contributed by atoms with Crippen LogP contribution >= 0.6 is 0 Å². The number of hydrogen-bond acceptors (Lipinski definition) is 5. The Morgan fingerprint density at radius 1 is 0.946 bits per heavy atom. The number of aromatic nitrogens is 1. The lowest BCUT2D eigenvalue weighted by Crippen LogP contribution is -2.48. The van der Waals surface area contributed by atoms with Crippen LogP contribution < -0.4 is 4.72 Å². The SMILES string of the molecule is O=C(C1=CC=C(NS(=O)(=O)c2cccc3cccnc23)CC1)N1CCN(Cc2cccc(F)c2F)CC1. The maximum absolute atomic E-state index is 14.0. The molecule has 1 aliphatic heterocycles. The number of benzene rings is 2. The van der Waals surface area contributed by atoms with Crippen LogP contribution in [-0.2, 0) is 21.4 Å². The zero-order valence-corrected chi connectivity index (χ0v) is 20.8. The van der Waals surface area contributed by atoms with Gasteiger partial charge in [-0.1, -0.05) is 36.4 Å². The summed E-state index contributed by atoms with van der Waals surface area (Å²) in [5.74, 6) is -1.78. The molecule has 1 N–H and O–H groups in total. The molecular weight excluding hydrogens is 498 g/mol. The van der Waals surface area contributed by atoms with Gasteiger partial charge in [-0.15, -0.1) is 0 Å². The van der Waals surface area contributed by atoms with Crippen molar-refractivity contribution in [3.63, 3.8) is 0 Å². The van der Waals surface area contributed by atoms with Gasteiger partial charge in [0.2, 0.25) is 5.91 Å². The minimum atomic E-state index is -3.84. The van der Waals surface area contributed by atoms with E-state index in [1.165, 1.54) is 12.1 Å². The Hall–Kier alpha value is -3.63. The van der Waals surface area contributed by atoms with Crippen molar-refractivity contribution in [1.29, 1.82) is 0 Å². The topological polar surface area (TPSA) is 82.6 Å². The second-order valence-electron chi connectivity index (χ2n) is 9.10. The summed E-state index contributed by atoms with van der Waals surface area (Å²) in [4.78, 5) is 21.1. The summed E-state index contributed by atoms with van der Waals surface area (Å²) in [7, 11) is -3.84. The Morgan fingerprint density at radius 3 is 2.46 bits per heavy atom. The lowest BCUT2D eigenvalue weighted by molar-refractivity contribution is -0.129. The van der Waals surface area contributed by atoms with Gasteiger partial charge in [-0.25, -0.2) is 17.2 Å². The van der Waals surface area contributed by atoms with E-state index < -0.39 is 21.7 Å². The number of nitrogens with one attached hydrogen (secondary N) is 1. The molecule has 1 aliphatic carbocycles. The van der Waals surface area contributed by atoms with Crippen LogP contribution in [0.15, 0.2) is 83.0 Å². The van der Waals surface area contributed by atoms with Crippen LogP contribution in [-0.4, -0.2) is 55.3 Å². The number of hydrogen-bond donors (Lipinski definition) is 1. The first-order valence-electron chi connectivity index (χ1n) is 12.0. The molecule has 0 radical (unpaired) electrons. The predicted octanol–water partition coefficient (Wildman–Crippen LogP) is 3.74. The molecule has 37 heavy (non-hydrogen) atoms. The summed E-state index contributed by atoms with van der Waals surface area (Å²) >= 11 is 0. The maximum atomic E-state index is 14.0. The van der Waals surface area contributed by atoms with Gasteiger partial charge in [0.25, 0.3) is 10.0 Å². The number of amides is 1. The number of pyridine rings is 1. The molecule has 0 spiro atoms. The van der Waals surface area contributed by atoms with E-state index in [1.54, 1.807) is 53.6 Å². The molecule has 10 heteroatoms. The van der Waals surface area contributed by atoms with Gasteiger partial charge in [0.05, 0.1) is 5.52 Å². The van der Waals surface area contributed by atoms with E-state index in [9.17, 15) is 22.0 Å². The van der Waals surface area contributed by atoms with Crippen LogP contribution in [0.1, 0.15) is 18.4 Å². The van der Waals surface area contributed by atoms with Crippen LogP contribution in [0.3, 0.4) is 0 Å².